The lowest BCUT2D eigenvalue weighted by Gasteiger charge is -1.97. The molecule has 4 N–H and O–H groups in total. The van der Waals surface area contributed by atoms with Crippen LogP contribution in [0.2, 0.25) is 0 Å². The van der Waals surface area contributed by atoms with Gasteiger partial charge in [0.15, 0.2) is 0 Å². The van der Waals surface area contributed by atoms with Crippen LogP contribution in [0.15, 0.2) is 0 Å². The Morgan fingerprint density at radius 1 is 1.44 bits per heavy atom. The monoisotopic (exact) mass is 130 g/mol. The van der Waals surface area contributed by atoms with Gasteiger partial charge in [0.25, 0.3) is 7.28 Å². The first-order valence-electron chi connectivity index (χ1n) is 2.10. The highest BCUT2D eigenvalue weighted by Crippen LogP contribution is 1.75. The van der Waals surface area contributed by atoms with Gasteiger partial charge in [-0.25, -0.2) is 0 Å². The van der Waals surface area contributed by atoms with E-state index in [1.54, 1.807) is 0 Å². The Bertz CT molecular complexity index is 136. The minimum atomic E-state index is -1.41. The molecule has 0 aliphatic rings. The topological polar surface area (TPSA) is 101 Å². The highest BCUT2D eigenvalue weighted by molar-refractivity contribution is 6.75. The molecule has 1 unspecified atom stereocenters. The summed E-state index contributed by atoms with van der Waals surface area (Å²) in [5.74, 6) is -4.09. The number of carboxylic acids is 1. The molecule has 0 saturated carbocycles. The predicted molar refractivity (Wildman–Crippen MR) is 29.4 cm³/mol. The third-order valence-corrected chi connectivity index (χ3v) is 0.607. The van der Waals surface area contributed by atoms with E-state index >= 15 is 0 Å². The van der Waals surface area contributed by atoms with Gasteiger partial charge in [-0.05, 0) is 0 Å². The molecule has 0 heterocycles. The van der Waals surface area contributed by atoms with Crippen LogP contribution in [0.4, 0.5) is 4.79 Å². The first-order chi connectivity index (χ1) is 4.04. The third-order valence-electron chi connectivity index (χ3n) is 0.607. The standard InChI is InChI=1S/C3H5BNO4/c5-1(2(6)7)4-3(8)9/h1H,5H2,(H,6,7)(H,8,9). The van der Waals surface area contributed by atoms with Crippen LogP contribution in [0.3, 0.4) is 0 Å². The zero-order chi connectivity index (χ0) is 7.44. The largest absolute Gasteiger partial charge is 0.490 e. The SMILES string of the molecule is NC([B]C(=O)O)C(=O)O. The fraction of sp³-hybridized carbons (Fsp3) is 0.333. The molecule has 0 aromatic heterocycles. The van der Waals surface area contributed by atoms with Gasteiger partial charge in [0, 0.05) is 0 Å². The second-order valence-corrected chi connectivity index (χ2v) is 1.37. The molecule has 0 amide bonds. The van der Waals surface area contributed by atoms with Crippen LogP contribution in [0, 0.1) is 0 Å². The second-order valence-electron chi connectivity index (χ2n) is 1.37. The van der Waals surface area contributed by atoms with Crippen molar-refractivity contribution >= 4 is 19.1 Å². The van der Waals surface area contributed by atoms with Crippen LogP contribution >= 0.6 is 0 Å². The maximum atomic E-state index is 9.82. The van der Waals surface area contributed by atoms with E-state index in [1.807, 2.05) is 0 Å². The van der Waals surface area contributed by atoms with Gasteiger partial charge in [0.05, 0.1) is 5.94 Å². The Hall–Kier alpha value is -1.04. The number of aliphatic carboxylic acids is 1. The van der Waals surface area contributed by atoms with Crippen LogP contribution in [0.25, 0.3) is 0 Å². The number of carboxylic acid groups (broad SMARTS) is 2. The van der Waals surface area contributed by atoms with E-state index in [1.165, 1.54) is 0 Å². The molecule has 1 atom stereocenters. The molecule has 0 rings (SSSR count). The fourth-order valence-electron chi connectivity index (χ4n) is 0.225. The van der Waals surface area contributed by atoms with E-state index < -0.39 is 17.8 Å². The summed E-state index contributed by atoms with van der Waals surface area (Å²) < 4.78 is 0. The van der Waals surface area contributed by atoms with E-state index in [-0.39, 0.29) is 0 Å². The minimum Gasteiger partial charge on any atom is -0.490 e. The molecule has 1 radical (unpaired) electrons. The van der Waals surface area contributed by atoms with E-state index in [0.717, 1.165) is 0 Å². The van der Waals surface area contributed by atoms with Crippen molar-refractivity contribution in [2.24, 2.45) is 5.73 Å². The van der Waals surface area contributed by atoms with Crippen molar-refractivity contribution in [2.75, 3.05) is 0 Å². The average Bonchev–Trinajstić information content (AvgIpc) is 1.63. The number of rotatable bonds is 3. The van der Waals surface area contributed by atoms with Crippen molar-refractivity contribution < 1.29 is 19.8 Å². The van der Waals surface area contributed by atoms with Gasteiger partial charge in [-0.2, -0.15) is 0 Å². The van der Waals surface area contributed by atoms with Crippen molar-refractivity contribution in [3.05, 3.63) is 0 Å². The summed E-state index contributed by atoms with van der Waals surface area (Å²) in [6.07, 6.45) is 0. The zero-order valence-electron chi connectivity index (χ0n) is 4.44. The van der Waals surface area contributed by atoms with Crippen LogP contribution in [-0.2, 0) is 4.79 Å². The lowest BCUT2D eigenvalue weighted by molar-refractivity contribution is -0.136. The van der Waals surface area contributed by atoms with Gasteiger partial charge < -0.3 is 15.9 Å². The summed E-state index contributed by atoms with van der Waals surface area (Å²) in [6, 6.07) is 0. The van der Waals surface area contributed by atoms with Crippen LogP contribution in [0.5, 0.6) is 0 Å². The first kappa shape index (κ1) is 7.96. The molecule has 0 saturated heterocycles. The van der Waals surface area contributed by atoms with Crippen LogP contribution in [0.1, 0.15) is 0 Å². The van der Waals surface area contributed by atoms with E-state index in [4.69, 9.17) is 15.9 Å². The zero-order valence-corrected chi connectivity index (χ0v) is 4.44. The molecule has 0 aromatic carbocycles. The molecule has 0 aromatic rings. The molecule has 0 spiro atoms. The molecule has 5 nitrogen and oxygen atoms in total. The summed E-state index contributed by atoms with van der Waals surface area (Å²) in [5, 5.41) is 15.9. The summed E-state index contributed by atoms with van der Waals surface area (Å²) in [6.45, 7) is 0. The molecule has 49 valence electrons. The van der Waals surface area contributed by atoms with E-state index in [0.29, 0.717) is 7.28 Å². The highest BCUT2D eigenvalue weighted by Gasteiger charge is 2.17. The van der Waals surface area contributed by atoms with Crippen molar-refractivity contribution in [3.8, 4) is 0 Å². The van der Waals surface area contributed by atoms with Crippen molar-refractivity contribution in [1.82, 2.24) is 0 Å². The Morgan fingerprint density at radius 2 is 1.89 bits per heavy atom. The lowest BCUT2D eigenvalue weighted by Crippen LogP contribution is -2.39. The lowest BCUT2D eigenvalue weighted by atomic mass is 9.70. The third kappa shape index (κ3) is 3.54. The maximum Gasteiger partial charge on any atom is 0.312 e. The number of hydrogen-bond acceptors (Lipinski definition) is 3. The summed E-state index contributed by atoms with van der Waals surface area (Å²) in [4.78, 5) is 19.5. The highest BCUT2D eigenvalue weighted by atomic mass is 16.4. The summed E-state index contributed by atoms with van der Waals surface area (Å²) >= 11 is 0. The van der Waals surface area contributed by atoms with Crippen LogP contribution < -0.4 is 5.73 Å². The Morgan fingerprint density at radius 3 is 2.00 bits per heavy atom. The first-order valence-corrected chi connectivity index (χ1v) is 2.10. The fourth-order valence-corrected chi connectivity index (χ4v) is 0.225. The Labute approximate surface area is 51.7 Å². The predicted octanol–water partition coefficient (Wildman–Crippen LogP) is -1.26. The Balaban J connectivity index is 3.63. The summed E-state index contributed by atoms with van der Waals surface area (Å²) in [7, 11) is 0.502. The van der Waals surface area contributed by atoms with Crippen molar-refractivity contribution in [3.63, 3.8) is 0 Å². The van der Waals surface area contributed by atoms with Gasteiger partial charge in [-0.1, -0.05) is 0 Å². The number of hydrogen-bond donors (Lipinski definition) is 3. The van der Waals surface area contributed by atoms with Gasteiger partial charge in [-0.15, -0.1) is 0 Å². The van der Waals surface area contributed by atoms with Crippen molar-refractivity contribution in [2.45, 2.75) is 5.94 Å². The smallest absolute Gasteiger partial charge is 0.312 e. The molecular weight excluding hydrogens is 125 g/mol. The minimum absolute atomic E-state index is 0.502. The van der Waals surface area contributed by atoms with Crippen molar-refractivity contribution in [1.29, 1.82) is 0 Å². The van der Waals surface area contributed by atoms with Gasteiger partial charge in [-0.3, -0.25) is 9.59 Å². The molecule has 6 heteroatoms. The van der Waals surface area contributed by atoms with Gasteiger partial charge in [0.1, 0.15) is 0 Å². The molecule has 0 bridgehead atoms. The van der Waals surface area contributed by atoms with E-state index in [9.17, 15) is 9.59 Å². The normalized spacial score (nSPS) is 12.1. The summed E-state index contributed by atoms with van der Waals surface area (Å²) in [5.41, 5.74) is 4.78. The molecule has 0 aliphatic carbocycles. The average molecular weight is 130 g/mol. The number of nitrogens with two attached hydrogens (primary N) is 1. The molecular formula is C3H5BNO4. The maximum absolute atomic E-state index is 9.82. The second kappa shape index (κ2) is 3.08. The molecule has 9 heavy (non-hydrogen) atoms. The number of carbonyl (C=O) groups is 2. The van der Waals surface area contributed by atoms with E-state index in [2.05, 4.69) is 0 Å². The van der Waals surface area contributed by atoms with Gasteiger partial charge in [0.2, 0.25) is 5.87 Å². The molecule has 0 fully saturated rings. The van der Waals surface area contributed by atoms with Crippen LogP contribution in [-0.4, -0.2) is 35.3 Å². The Kier molecular flexibility index (Phi) is 2.73. The quantitative estimate of drug-likeness (QED) is 0.413. The molecule has 0 aliphatic heterocycles. The van der Waals surface area contributed by atoms with Gasteiger partial charge >= 0.3 is 5.97 Å².